The number of rotatable bonds is 8. The van der Waals surface area contributed by atoms with Gasteiger partial charge in [0.25, 0.3) is 0 Å². The number of hydrogen-bond donors (Lipinski definition) is 3. The maximum Gasteiger partial charge on any atom is 0.407 e. The van der Waals surface area contributed by atoms with Crippen LogP contribution in [0.4, 0.5) is 4.79 Å². The molecule has 0 heterocycles. The number of alkyl carbamates (subject to hydrolysis) is 1. The molecule has 168 valence electrons. The van der Waals surface area contributed by atoms with Crippen molar-refractivity contribution in [2.75, 3.05) is 6.61 Å². The molecule has 2 aromatic rings. The van der Waals surface area contributed by atoms with Crippen molar-refractivity contribution in [1.82, 2.24) is 10.6 Å². The lowest BCUT2D eigenvalue weighted by Gasteiger charge is -2.25. The topological polar surface area (TPSA) is 105 Å². The summed E-state index contributed by atoms with van der Waals surface area (Å²) in [7, 11) is 0. The van der Waals surface area contributed by atoms with Crippen molar-refractivity contribution in [2.45, 2.75) is 50.6 Å². The summed E-state index contributed by atoms with van der Waals surface area (Å²) >= 11 is 0. The summed E-state index contributed by atoms with van der Waals surface area (Å²) in [6.45, 7) is 3.90. The molecule has 0 aromatic heterocycles. The maximum atomic E-state index is 12.8. The highest BCUT2D eigenvalue weighted by molar-refractivity contribution is 5.93. The Bertz CT molecular complexity index is 1000. The fraction of sp³-hybridized carbons (Fsp3) is 0.400. The monoisotopic (exact) mass is 436 g/mol. The van der Waals surface area contributed by atoms with Crippen LogP contribution in [0.3, 0.4) is 0 Å². The Labute approximate surface area is 187 Å². The Morgan fingerprint density at radius 2 is 1.62 bits per heavy atom. The maximum absolute atomic E-state index is 12.8. The average molecular weight is 437 g/mol. The van der Waals surface area contributed by atoms with Gasteiger partial charge >= 0.3 is 12.1 Å². The van der Waals surface area contributed by atoms with E-state index >= 15 is 0 Å². The third kappa shape index (κ3) is 4.07. The van der Waals surface area contributed by atoms with Gasteiger partial charge in [-0.2, -0.15) is 0 Å². The van der Waals surface area contributed by atoms with E-state index in [-0.39, 0.29) is 18.4 Å². The molecule has 1 fully saturated rings. The molecule has 2 aliphatic carbocycles. The number of carbonyl (C=O) groups is 3. The SMILES string of the molecule is CCC(C)[C@H](NC(=O)OCC1c2ccccc2-c2ccccc21)C(=O)NC1(C(=O)O)CC1. The Hall–Kier alpha value is -3.35. The molecule has 32 heavy (non-hydrogen) atoms. The van der Waals surface area contributed by atoms with Gasteiger partial charge in [0.2, 0.25) is 5.91 Å². The second-order valence-corrected chi connectivity index (χ2v) is 8.71. The number of amides is 2. The number of carboxylic acids is 1. The third-order valence-corrected chi connectivity index (χ3v) is 6.63. The van der Waals surface area contributed by atoms with Crippen molar-refractivity contribution >= 4 is 18.0 Å². The average Bonchev–Trinajstić information content (AvgIpc) is 3.51. The molecule has 0 bridgehead atoms. The molecule has 7 heteroatoms. The predicted octanol–water partition coefficient (Wildman–Crippen LogP) is 3.67. The van der Waals surface area contributed by atoms with Crippen molar-refractivity contribution in [3.8, 4) is 11.1 Å². The molecule has 2 atom stereocenters. The van der Waals surface area contributed by atoms with Crippen molar-refractivity contribution in [1.29, 1.82) is 0 Å². The van der Waals surface area contributed by atoms with Crippen molar-refractivity contribution in [2.24, 2.45) is 5.92 Å². The lowest BCUT2D eigenvalue weighted by Crippen LogP contribution is -2.55. The van der Waals surface area contributed by atoms with Gasteiger partial charge in [-0.15, -0.1) is 0 Å². The zero-order chi connectivity index (χ0) is 22.9. The van der Waals surface area contributed by atoms with E-state index in [0.717, 1.165) is 22.3 Å². The molecule has 1 saturated carbocycles. The number of carbonyl (C=O) groups excluding carboxylic acids is 2. The second kappa shape index (κ2) is 8.65. The van der Waals surface area contributed by atoms with Gasteiger partial charge in [0, 0.05) is 5.92 Å². The summed E-state index contributed by atoms with van der Waals surface area (Å²) < 4.78 is 5.56. The van der Waals surface area contributed by atoms with Gasteiger partial charge in [-0.3, -0.25) is 4.79 Å². The molecule has 3 N–H and O–H groups in total. The van der Waals surface area contributed by atoms with Gasteiger partial charge < -0.3 is 20.5 Å². The highest BCUT2D eigenvalue weighted by atomic mass is 16.5. The van der Waals surface area contributed by atoms with E-state index in [1.165, 1.54) is 0 Å². The van der Waals surface area contributed by atoms with Crippen LogP contribution < -0.4 is 10.6 Å². The first kappa shape index (κ1) is 21.9. The normalized spacial score (nSPS) is 17.4. The Morgan fingerprint density at radius 3 is 2.12 bits per heavy atom. The van der Waals surface area contributed by atoms with E-state index in [1.807, 2.05) is 50.2 Å². The van der Waals surface area contributed by atoms with Crippen LogP contribution in [-0.2, 0) is 14.3 Å². The van der Waals surface area contributed by atoms with Gasteiger partial charge in [-0.25, -0.2) is 9.59 Å². The highest BCUT2D eigenvalue weighted by Crippen LogP contribution is 2.44. The van der Waals surface area contributed by atoms with Crippen LogP contribution in [0.2, 0.25) is 0 Å². The van der Waals surface area contributed by atoms with Crippen LogP contribution in [0, 0.1) is 5.92 Å². The minimum absolute atomic E-state index is 0.0780. The van der Waals surface area contributed by atoms with E-state index < -0.39 is 29.6 Å². The van der Waals surface area contributed by atoms with Crippen LogP contribution in [-0.4, -0.2) is 41.3 Å². The molecule has 0 aliphatic heterocycles. The van der Waals surface area contributed by atoms with E-state index in [9.17, 15) is 19.5 Å². The van der Waals surface area contributed by atoms with E-state index in [4.69, 9.17) is 4.74 Å². The molecule has 7 nitrogen and oxygen atoms in total. The van der Waals surface area contributed by atoms with Gasteiger partial charge in [0.05, 0.1) is 0 Å². The molecular formula is C25H28N2O5. The summed E-state index contributed by atoms with van der Waals surface area (Å²) in [5.41, 5.74) is 3.28. The molecule has 0 radical (unpaired) electrons. The minimum atomic E-state index is -1.20. The van der Waals surface area contributed by atoms with Crippen molar-refractivity contribution in [3.63, 3.8) is 0 Å². The van der Waals surface area contributed by atoms with Gasteiger partial charge in [0.15, 0.2) is 0 Å². The lowest BCUT2D eigenvalue weighted by molar-refractivity contribution is -0.143. The molecule has 2 aliphatic rings. The Kier molecular flexibility index (Phi) is 5.91. The molecule has 1 unspecified atom stereocenters. The van der Waals surface area contributed by atoms with Crippen molar-refractivity contribution in [3.05, 3.63) is 59.7 Å². The number of aliphatic carboxylic acids is 1. The van der Waals surface area contributed by atoms with Crippen LogP contribution in [0.15, 0.2) is 48.5 Å². The van der Waals surface area contributed by atoms with E-state index in [0.29, 0.717) is 19.3 Å². The van der Waals surface area contributed by atoms with Gasteiger partial charge in [-0.1, -0.05) is 68.8 Å². The van der Waals surface area contributed by atoms with E-state index in [2.05, 4.69) is 22.8 Å². The Balaban J connectivity index is 1.43. The van der Waals surface area contributed by atoms with Gasteiger partial charge in [0.1, 0.15) is 18.2 Å². The number of hydrogen-bond acceptors (Lipinski definition) is 4. The quantitative estimate of drug-likeness (QED) is 0.586. The second-order valence-electron chi connectivity index (χ2n) is 8.71. The number of benzene rings is 2. The first-order chi connectivity index (χ1) is 15.4. The fourth-order valence-electron chi connectivity index (χ4n) is 4.30. The summed E-state index contributed by atoms with van der Waals surface area (Å²) in [5.74, 6) is -1.80. The van der Waals surface area contributed by atoms with Crippen molar-refractivity contribution < 1.29 is 24.2 Å². The predicted molar refractivity (Wildman–Crippen MR) is 119 cm³/mol. The van der Waals surface area contributed by atoms with Gasteiger partial charge in [-0.05, 0) is 41.0 Å². The van der Waals surface area contributed by atoms with Crippen LogP contribution in [0.5, 0.6) is 0 Å². The van der Waals surface area contributed by atoms with Crippen LogP contribution in [0.1, 0.15) is 50.2 Å². The largest absolute Gasteiger partial charge is 0.480 e. The summed E-state index contributed by atoms with van der Waals surface area (Å²) in [6.07, 6.45) is 0.743. The minimum Gasteiger partial charge on any atom is -0.480 e. The van der Waals surface area contributed by atoms with E-state index in [1.54, 1.807) is 0 Å². The first-order valence-corrected chi connectivity index (χ1v) is 11.0. The fourth-order valence-corrected chi connectivity index (χ4v) is 4.30. The summed E-state index contributed by atoms with van der Waals surface area (Å²) in [4.78, 5) is 36.9. The summed E-state index contributed by atoms with van der Waals surface area (Å²) in [5, 5.41) is 14.6. The molecule has 4 rings (SSSR count). The zero-order valence-corrected chi connectivity index (χ0v) is 18.3. The smallest absolute Gasteiger partial charge is 0.407 e. The Morgan fingerprint density at radius 1 is 1.06 bits per heavy atom. The number of ether oxygens (including phenoxy) is 1. The molecule has 0 saturated heterocycles. The summed E-state index contributed by atoms with van der Waals surface area (Å²) in [6, 6.07) is 15.3. The zero-order valence-electron chi connectivity index (χ0n) is 18.3. The third-order valence-electron chi connectivity index (χ3n) is 6.63. The molecule has 2 aromatic carbocycles. The van der Waals surface area contributed by atoms with Crippen LogP contribution in [0.25, 0.3) is 11.1 Å². The molecular weight excluding hydrogens is 408 g/mol. The molecule has 0 spiro atoms. The lowest BCUT2D eigenvalue weighted by atomic mass is 9.97. The highest BCUT2D eigenvalue weighted by Gasteiger charge is 2.52. The first-order valence-electron chi connectivity index (χ1n) is 11.0. The number of carboxylic acid groups (broad SMARTS) is 1. The number of fused-ring (bicyclic) bond motifs is 3. The van der Waals surface area contributed by atoms with Crippen LogP contribution >= 0.6 is 0 Å². The molecule has 2 amide bonds. The number of nitrogens with one attached hydrogen (secondary N) is 2. The standard InChI is InChI=1S/C25H28N2O5/c1-3-15(2)21(22(28)27-25(12-13-25)23(29)30)26-24(31)32-14-20-18-10-6-4-8-16(18)17-9-5-7-11-19(17)20/h4-11,15,20-21H,3,12-14H2,1-2H3,(H,26,31)(H,27,28)(H,29,30)/t15?,21-/m0/s1.